The highest BCUT2D eigenvalue weighted by Crippen LogP contribution is 2.56. The van der Waals surface area contributed by atoms with Crippen molar-refractivity contribution in [1.82, 2.24) is 0 Å². The highest BCUT2D eigenvalue weighted by molar-refractivity contribution is 7.54. The van der Waals surface area contributed by atoms with Crippen LogP contribution in [-0.2, 0) is 23.1 Å². The fourth-order valence-corrected chi connectivity index (χ4v) is 3.53. The molecule has 6 heteroatoms. The van der Waals surface area contributed by atoms with E-state index < -0.39 is 19.4 Å². The van der Waals surface area contributed by atoms with Gasteiger partial charge in [-0.3, -0.25) is 9.36 Å². The minimum Gasteiger partial charge on any atom is -0.450 e. The summed E-state index contributed by atoms with van der Waals surface area (Å²) in [5.41, 5.74) is 0. The summed E-state index contributed by atoms with van der Waals surface area (Å²) >= 11 is 0. The molecule has 0 saturated carbocycles. The first-order valence-corrected chi connectivity index (χ1v) is 7.46. The fourth-order valence-electron chi connectivity index (χ4n) is 1.31. The lowest BCUT2D eigenvalue weighted by atomic mass is 10.5. The minimum atomic E-state index is -3.44. The number of ether oxygens (including phenoxy) is 1. The van der Waals surface area contributed by atoms with E-state index in [1.165, 1.54) is 6.92 Å². The average molecular weight is 266 g/mol. The van der Waals surface area contributed by atoms with E-state index >= 15 is 0 Å². The molecule has 0 aromatic heterocycles. The Kier molecular flexibility index (Phi) is 6.98. The minimum absolute atomic E-state index is 0.260. The first kappa shape index (κ1) is 16.6. The Morgan fingerprint density at radius 2 is 1.53 bits per heavy atom. The molecule has 0 unspecified atom stereocenters. The zero-order valence-electron chi connectivity index (χ0n) is 11.4. The Morgan fingerprint density at radius 1 is 1.12 bits per heavy atom. The molecule has 17 heavy (non-hydrogen) atoms. The van der Waals surface area contributed by atoms with Crippen LogP contribution in [0.25, 0.3) is 0 Å². The average Bonchev–Trinajstić information content (AvgIpc) is 2.10. The molecule has 102 valence electrons. The summed E-state index contributed by atoms with van der Waals surface area (Å²) in [5, 5.41) is 0. The van der Waals surface area contributed by atoms with Crippen molar-refractivity contribution in [2.75, 3.05) is 0 Å². The molecule has 5 nitrogen and oxygen atoms in total. The van der Waals surface area contributed by atoms with E-state index in [4.69, 9.17) is 13.8 Å². The van der Waals surface area contributed by atoms with Crippen molar-refractivity contribution in [3.05, 3.63) is 0 Å². The standard InChI is InChI=1S/C11H23O5P/c1-7-11(14-10(6)12)17(13,15-8(2)3)16-9(4)5/h8-9,11H,7H2,1-6H3/t11-/m0/s1. The molecule has 0 amide bonds. The van der Waals surface area contributed by atoms with Gasteiger partial charge in [0.25, 0.3) is 0 Å². The van der Waals surface area contributed by atoms with E-state index in [-0.39, 0.29) is 12.2 Å². The van der Waals surface area contributed by atoms with Gasteiger partial charge >= 0.3 is 13.6 Å². The Morgan fingerprint density at radius 3 is 1.76 bits per heavy atom. The van der Waals surface area contributed by atoms with Crippen LogP contribution in [0.15, 0.2) is 0 Å². The summed E-state index contributed by atoms with van der Waals surface area (Å²) in [6.45, 7) is 10.1. The topological polar surface area (TPSA) is 61.8 Å². The molecule has 0 fully saturated rings. The van der Waals surface area contributed by atoms with Crippen molar-refractivity contribution in [3.63, 3.8) is 0 Å². The molecule has 0 bridgehead atoms. The van der Waals surface area contributed by atoms with Crippen LogP contribution >= 0.6 is 7.60 Å². The van der Waals surface area contributed by atoms with Gasteiger partial charge in [-0.05, 0) is 34.1 Å². The zero-order valence-corrected chi connectivity index (χ0v) is 12.3. The van der Waals surface area contributed by atoms with Crippen LogP contribution in [0.3, 0.4) is 0 Å². The van der Waals surface area contributed by atoms with Crippen molar-refractivity contribution in [2.24, 2.45) is 0 Å². The van der Waals surface area contributed by atoms with Crippen LogP contribution in [0.2, 0.25) is 0 Å². The third kappa shape index (κ3) is 6.20. The van der Waals surface area contributed by atoms with Crippen molar-refractivity contribution < 1.29 is 23.1 Å². The molecule has 0 saturated heterocycles. The summed E-state index contributed by atoms with van der Waals surface area (Å²) in [6.07, 6.45) is -0.135. The van der Waals surface area contributed by atoms with Crippen molar-refractivity contribution in [3.8, 4) is 0 Å². The van der Waals surface area contributed by atoms with E-state index in [1.807, 2.05) is 0 Å². The number of hydrogen-bond donors (Lipinski definition) is 0. The number of rotatable bonds is 7. The molecule has 1 atom stereocenters. The highest BCUT2D eigenvalue weighted by atomic mass is 31.2. The molecular formula is C11H23O5P. The molecule has 0 heterocycles. The molecular weight excluding hydrogens is 243 g/mol. The van der Waals surface area contributed by atoms with Crippen LogP contribution in [0.5, 0.6) is 0 Å². The Labute approximate surface area is 103 Å². The summed E-state index contributed by atoms with van der Waals surface area (Å²) < 4.78 is 28.3. The lowest BCUT2D eigenvalue weighted by Gasteiger charge is -2.28. The lowest BCUT2D eigenvalue weighted by molar-refractivity contribution is -0.144. The van der Waals surface area contributed by atoms with Crippen LogP contribution in [0.4, 0.5) is 0 Å². The molecule has 0 aromatic carbocycles. The van der Waals surface area contributed by atoms with E-state index in [9.17, 15) is 9.36 Å². The number of carbonyl (C=O) groups is 1. The van der Waals surface area contributed by atoms with Gasteiger partial charge < -0.3 is 13.8 Å². The van der Waals surface area contributed by atoms with E-state index in [2.05, 4.69) is 0 Å². The van der Waals surface area contributed by atoms with E-state index in [0.29, 0.717) is 6.42 Å². The smallest absolute Gasteiger partial charge is 0.371 e. The summed E-state index contributed by atoms with van der Waals surface area (Å²) in [7, 11) is -3.44. The zero-order chi connectivity index (χ0) is 13.6. The molecule has 0 rings (SSSR count). The summed E-state index contributed by atoms with van der Waals surface area (Å²) in [6, 6.07) is 0. The molecule has 0 aliphatic heterocycles. The maximum atomic E-state index is 12.6. The van der Waals surface area contributed by atoms with Gasteiger partial charge in [-0.1, -0.05) is 6.92 Å². The van der Waals surface area contributed by atoms with E-state index in [0.717, 1.165) is 0 Å². The number of carbonyl (C=O) groups excluding carboxylic acids is 1. The largest absolute Gasteiger partial charge is 0.450 e. The molecule has 0 aliphatic carbocycles. The summed E-state index contributed by atoms with van der Waals surface area (Å²) in [4.78, 5) is 11.0. The molecule has 0 radical (unpaired) electrons. The second-order valence-electron chi connectivity index (χ2n) is 4.32. The van der Waals surface area contributed by atoms with Gasteiger partial charge in [-0.15, -0.1) is 0 Å². The lowest BCUT2D eigenvalue weighted by Crippen LogP contribution is -2.22. The Balaban J connectivity index is 4.97. The fraction of sp³-hybridized carbons (Fsp3) is 0.909. The van der Waals surface area contributed by atoms with Crippen LogP contribution in [0.1, 0.15) is 48.0 Å². The van der Waals surface area contributed by atoms with Gasteiger partial charge in [0.2, 0.25) is 5.85 Å². The number of hydrogen-bond acceptors (Lipinski definition) is 5. The van der Waals surface area contributed by atoms with Crippen LogP contribution in [-0.4, -0.2) is 24.0 Å². The normalized spacial score (nSPS) is 14.1. The first-order valence-electron chi connectivity index (χ1n) is 5.85. The van der Waals surface area contributed by atoms with Gasteiger partial charge in [0.1, 0.15) is 0 Å². The highest BCUT2D eigenvalue weighted by Gasteiger charge is 2.39. The maximum Gasteiger partial charge on any atom is 0.371 e. The second-order valence-corrected chi connectivity index (χ2v) is 6.40. The van der Waals surface area contributed by atoms with Crippen LogP contribution < -0.4 is 0 Å². The quantitative estimate of drug-likeness (QED) is 0.522. The third-order valence-electron chi connectivity index (χ3n) is 1.72. The van der Waals surface area contributed by atoms with Gasteiger partial charge in [-0.2, -0.15) is 0 Å². The SMILES string of the molecule is CC[C@@H](OC(C)=O)P(=O)(OC(C)C)OC(C)C. The van der Waals surface area contributed by atoms with Gasteiger partial charge in [-0.25, -0.2) is 0 Å². The van der Waals surface area contributed by atoms with Gasteiger partial charge in [0, 0.05) is 6.92 Å². The number of esters is 1. The summed E-state index contributed by atoms with van der Waals surface area (Å²) in [5.74, 6) is -1.33. The Bertz CT molecular complexity index is 274. The third-order valence-corrected chi connectivity index (χ3v) is 4.33. The van der Waals surface area contributed by atoms with E-state index in [1.54, 1.807) is 34.6 Å². The molecule has 0 aromatic rings. The van der Waals surface area contributed by atoms with Crippen molar-refractivity contribution >= 4 is 13.6 Å². The monoisotopic (exact) mass is 266 g/mol. The molecule has 0 N–H and O–H groups in total. The molecule has 0 aliphatic rings. The first-order chi connectivity index (χ1) is 7.71. The predicted octanol–water partition coefficient (Wildman–Crippen LogP) is 3.33. The van der Waals surface area contributed by atoms with Gasteiger partial charge in [0.15, 0.2) is 0 Å². The van der Waals surface area contributed by atoms with Crippen LogP contribution in [0, 0.1) is 0 Å². The maximum absolute atomic E-state index is 12.6. The molecule has 0 spiro atoms. The van der Waals surface area contributed by atoms with Crippen molar-refractivity contribution in [2.45, 2.75) is 66.0 Å². The van der Waals surface area contributed by atoms with Gasteiger partial charge in [0.05, 0.1) is 12.2 Å². The predicted molar refractivity (Wildman–Crippen MR) is 65.9 cm³/mol. The van der Waals surface area contributed by atoms with Crippen molar-refractivity contribution in [1.29, 1.82) is 0 Å². The second kappa shape index (κ2) is 7.14. The Hall–Kier alpha value is -0.380.